The summed E-state index contributed by atoms with van der Waals surface area (Å²) in [6, 6.07) is -0.309. The monoisotopic (exact) mass is 243 g/mol. The molecular weight excluding hydrogens is 222 g/mol. The van der Waals surface area contributed by atoms with Crippen LogP contribution >= 0.6 is 0 Å². The van der Waals surface area contributed by atoms with Crippen molar-refractivity contribution in [2.75, 3.05) is 0 Å². The zero-order valence-electron chi connectivity index (χ0n) is 10.7. The summed E-state index contributed by atoms with van der Waals surface area (Å²) in [5.74, 6) is -1.33. The van der Waals surface area contributed by atoms with Gasteiger partial charge in [-0.05, 0) is 33.6 Å². The Labute approximate surface area is 102 Å². The standard InChI is InChI=1S/C12H21NO4/c1-12(2,3)17-11(16)13-9-7-5-4-6-8(9)10(14)15/h8-9H,4-7H2,1-3H3,(H,13,16)(H,14,15)/t8-,9+/m0/s1. The number of amides is 1. The van der Waals surface area contributed by atoms with Crippen molar-refractivity contribution in [2.45, 2.75) is 58.1 Å². The summed E-state index contributed by atoms with van der Waals surface area (Å²) in [5.41, 5.74) is -0.558. The fourth-order valence-electron chi connectivity index (χ4n) is 2.06. The van der Waals surface area contributed by atoms with Crippen LogP contribution in [0.5, 0.6) is 0 Å². The van der Waals surface area contributed by atoms with Gasteiger partial charge in [-0.3, -0.25) is 4.79 Å². The number of rotatable bonds is 2. The van der Waals surface area contributed by atoms with Crippen LogP contribution in [0.25, 0.3) is 0 Å². The molecule has 0 bridgehead atoms. The lowest BCUT2D eigenvalue weighted by Gasteiger charge is -2.30. The van der Waals surface area contributed by atoms with Gasteiger partial charge in [0.05, 0.1) is 5.92 Å². The van der Waals surface area contributed by atoms with Crippen LogP contribution in [0.15, 0.2) is 0 Å². The molecule has 17 heavy (non-hydrogen) atoms. The number of carboxylic acids is 1. The average Bonchev–Trinajstić information content (AvgIpc) is 2.14. The summed E-state index contributed by atoms with van der Waals surface area (Å²) in [6.45, 7) is 5.34. The van der Waals surface area contributed by atoms with Crippen molar-refractivity contribution in [3.63, 3.8) is 0 Å². The minimum atomic E-state index is -0.842. The third-order valence-corrected chi connectivity index (χ3v) is 2.79. The summed E-state index contributed by atoms with van der Waals surface area (Å²) >= 11 is 0. The van der Waals surface area contributed by atoms with E-state index in [-0.39, 0.29) is 6.04 Å². The first-order valence-corrected chi connectivity index (χ1v) is 6.02. The quantitative estimate of drug-likeness (QED) is 0.779. The van der Waals surface area contributed by atoms with Crippen molar-refractivity contribution < 1.29 is 19.4 Å². The first-order chi connectivity index (χ1) is 7.79. The lowest BCUT2D eigenvalue weighted by Crippen LogP contribution is -2.46. The molecule has 2 N–H and O–H groups in total. The molecule has 0 radical (unpaired) electrons. The fraction of sp³-hybridized carbons (Fsp3) is 0.833. The van der Waals surface area contributed by atoms with Gasteiger partial charge < -0.3 is 15.2 Å². The van der Waals surface area contributed by atoms with Crippen LogP contribution < -0.4 is 5.32 Å². The zero-order chi connectivity index (χ0) is 13.1. The largest absolute Gasteiger partial charge is 0.481 e. The first-order valence-electron chi connectivity index (χ1n) is 6.02. The first kappa shape index (κ1) is 13.8. The van der Waals surface area contributed by atoms with Gasteiger partial charge in [-0.25, -0.2) is 4.79 Å². The van der Waals surface area contributed by atoms with E-state index >= 15 is 0 Å². The SMILES string of the molecule is CC(C)(C)OC(=O)N[C@@H]1CCCC[C@@H]1C(=O)O. The van der Waals surface area contributed by atoms with E-state index in [0.717, 1.165) is 12.8 Å². The Balaban J connectivity index is 2.53. The van der Waals surface area contributed by atoms with Crippen molar-refractivity contribution in [2.24, 2.45) is 5.92 Å². The number of alkyl carbamates (subject to hydrolysis) is 1. The average molecular weight is 243 g/mol. The van der Waals surface area contributed by atoms with E-state index in [4.69, 9.17) is 9.84 Å². The second-order valence-electron chi connectivity index (χ2n) is 5.48. The van der Waals surface area contributed by atoms with E-state index in [9.17, 15) is 9.59 Å². The second-order valence-corrected chi connectivity index (χ2v) is 5.48. The van der Waals surface area contributed by atoms with Gasteiger partial charge >= 0.3 is 12.1 Å². The Bertz CT molecular complexity index is 295. The number of carbonyl (C=O) groups is 2. The van der Waals surface area contributed by atoms with Crippen LogP contribution in [0, 0.1) is 5.92 Å². The maximum Gasteiger partial charge on any atom is 0.407 e. The Morgan fingerprint density at radius 1 is 1.24 bits per heavy atom. The number of ether oxygens (including phenoxy) is 1. The summed E-state index contributed by atoms with van der Waals surface area (Å²) < 4.78 is 5.13. The van der Waals surface area contributed by atoms with Crippen molar-refractivity contribution in [1.29, 1.82) is 0 Å². The number of hydrogen-bond acceptors (Lipinski definition) is 3. The smallest absolute Gasteiger partial charge is 0.407 e. The zero-order valence-corrected chi connectivity index (χ0v) is 10.7. The molecule has 1 aliphatic rings. The molecule has 0 aromatic heterocycles. The molecule has 1 amide bonds. The molecule has 1 rings (SSSR count). The number of carboxylic acid groups (broad SMARTS) is 1. The lowest BCUT2D eigenvalue weighted by molar-refractivity contribution is -0.143. The molecule has 1 saturated carbocycles. The molecule has 2 atom stereocenters. The van der Waals surface area contributed by atoms with Gasteiger partial charge in [0.2, 0.25) is 0 Å². The van der Waals surface area contributed by atoms with Crippen molar-refractivity contribution in [1.82, 2.24) is 5.32 Å². The Hall–Kier alpha value is -1.26. The Morgan fingerprint density at radius 2 is 1.82 bits per heavy atom. The maximum atomic E-state index is 11.6. The molecule has 0 saturated heterocycles. The third-order valence-electron chi connectivity index (χ3n) is 2.79. The van der Waals surface area contributed by atoms with Gasteiger partial charge in [-0.2, -0.15) is 0 Å². The van der Waals surface area contributed by atoms with E-state index < -0.39 is 23.6 Å². The number of nitrogens with one attached hydrogen (secondary N) is 1. The van der Waals surface area contributed by atoms with Crippen molar-refractivity contribution >= 4 is 12.1 Å². The molecule has 0 aromatic rings. The third kappa shape index (κ3) is 4.63. The second kappa shape index (κ2) is 5.38. The van der Waals surface area contributed by atoms with Crippen LogP contribution in [-0.2, 0) is 9.53 Å². The predicted molar refractivity (Wildman–Crippen MR) is 62.8 cm³/mol. The predicted octanol–water partition coefficient (Wildman–Crippen LogP) is 2.15. The molecule has 0 heterocycles. The molecular formula is C12H21NO4. The highest BCUT2D eigenvalue weighted by Gasteiger charge is 2.32. The van der Waals surface area contributed by atoms with Crippen LogP contribution in [-0.4, -0.2) is 28.8 Å². The summed E-state index contributed by atoms with van der Waals surface area (Å²) in [5, 5.41) is 11.7. The number of carbonyl (C=O) groups excluding carboxylic acids is 1. The highest BCUT2D eigenvalue weighted by Crippen LogP contribution is 2.25. The fourth-order valence-corrected chi connectivity index (χ4v) is 2.06. The van der Waals surface area contributed by atoms with Crippen LogP contribution in [0.1, 0.15) is 46.5 Å². The van der Waals surface area contributed by atoms with E-state index in [1.807, 2.05) is 0 Å². The molecule has 1 aliphatic carbocycles. The van der Waals surface area contributed by atoms with Gasteiger partial charge in [0.25, 0.3) is 0 Å². The molecule has 0 spiro atoms. The van der Waals surface area contributed by atoms with Crippen LogP contribution in [0.3, 0.4) is 0 Å². The van der Waals surface area contributed by atoms with Gasteiger partial charge in [-0.1, -0.05) is 12.8 Å². The van der Waals surface area contributed by atoms with Gasteiger partial charge in [-0.15, -0.1) is 0 Å². The van der Waals surface area contributed by atoms with E-state index in [0.29, 0.717) is 12.8 Å². The van der Waals surface area contributed by atoms with E-state index in [1.54, 1.807) is 20.8 Å². The van der Waals surface area contributed by atoms with Gasteiger partial charge in [0.1, 0.15) is 5.60 Å². The Morgan fingerprint density at radius 3 is 2.35 bits per heavy atom. The minimum absolute atomic E-state index is 0.309. The number of aliphatic carboxylic acids is 1. The lowest BCUT2D eigenvalue weighted by atomic mass is 9.84. The highest BCUT2D eigenvalue weighted by atomic mass is 16.6. The molecule has 0 aromatic carbocycles. The van der Waals surface area contributed by atoms with E-state index in [1.165, 1.54) is 0 Å². The Kier molecular flexibility index (Phi) is 4.37. The van der Waals surface area contributed by atoms with Crippen LogP contribution in [0.4, 0.5) is 4.79 Å². The summed E-state index contributed by atoms with van der Waals surface area (Å²) in [7, 11) is 0. The highest BCUT2D eigenvalue weighted by molar-refractivity contribution is 5.73. The molecule has 98 valence electrons. The van der Waals surface area contributed by atoms with E-state index in [2.05, 4.69) is 5.32 Å². The molecule has 5 nitrogen and oxygen atoms in total. The van der Waals surface area contributed by atoms with Gasteiger partial charge in [0, 0.05) is 6.04 Å². The van der Waals surface area contributed by atoms with Crippen molar-refractivity contribution in [3.05, 3.63) is 0 Å². The normalized spacial score (nSPS) is 25.1. The van der Waals surface area contributed by atoms with Gasteiger partial charge in [0.15, 0.2) is 0 Å². The summed E-state index contributed by atoms with van der Waals surface area (Å²) in [4.78, 5) is 22.6. The topological polar surface area (TPSA) is 75.6 Å². The number of hydrogen-bond donors (Lipinski definition) is 2. The maximum absolute atomic E-state index is 11.6. The molecule has 0 aliphatic heterocycles. The molecule has 1 fully saturated rings. The van der Waals surface area contributed by atoms with Crippen molar-refractivity contribution in [3.8, 4) is 0 Å². The minimum Gasteiger partial charge on any atom is -0.481 e. The van der Waals surface area contributed by atoms with Crippen LogP contribution in [0.2, 0.25) is 0 Å². The molecule has 5 heteroatoms. The molecule has 0 unspecified atom stereocenters. The summed E-state index contributed by atoms with van der Waals surface area (Å²) in [6.07, 6.45) is 2.65.